The van der Waals surface area contributed by atoms with Crippen LogP contribution in [0.25, 0.3) is 0 Å². The minimum Gasteiger partial charge on any atom is -0.494 e. The summed E-state index contributed by atoms with van der Waals surface area (Å²) < 4.78 is 19.6. The summed E-state index contributed by atoms with van der Waals surface area (Å²) in [6, 6.07) is 13.2. The van der Waals surface area contributed by atoms with Crippen LogP contribution in [0.15, 0.2) is 53.3 Å². The number of carbonyl (C=O) groups is 1. The number of ether oxygens (including phenoxy) is 1. The molecular formula is C18H14FN3O4S. The van der Waals surface area contributed by atoms with Gasteiger partial charge in [-0.3, -0.25) is 14.6 Å². The summed E-state index contributed by atoms with van der Waals surface area (Å²) in [4.78, 5) is 28.4. The van der Waals surface area contributed by atoms with Crippen LogP contribution in [0.5, 0.6) is 11.6 Å². The number of rotatable bonds is 5. The van der Waals surface area contributed by atoms with Crippen LogP contribution in [0, 0.1) is 10.6 Å². The van der Waals surface area contributed by atoms with Gasteiger partial charge in [-0.05, 0) is 29.9 Å². The molecule has 0 unspecified atom stereocenters. The first-order chi connectivity index (χ1) is 12.9. The summed E-state index contributed by atoms with van der Waals surface area (Å²) in [5.74, 6) is -2.17. The normalized spacial score (nSPS) is 10.4. The topological polar surface area (TPSA) is 107 Å². The fourth-order valence-corrected chi connectivity index (χ4v) is 2.49. The van der Waals surface area contributed by atoms with E-state index in [4.69, 9.17) is 4.74 Å². The van der Waals surface area contributed by atoms with Crippen LogP contribution in [0.3, 0.4) is 0 Å². The monoisotopic (exact) mass is 387 g/mol. The molecule has 4 N–H and O–H groups in total. The van der Waals surface area contributed by atoms with Crippen LogP contribution in [-0.2, 0) is 6.61 Å². The molecule has 138 valence electrons. The second kappa shape index (κ2) is 7.83. The first-order valence-electron chi connectivity index (χ1n) is 7.77. The third-order valence-electron chi connectivity index (χ3n) is 3.59. The lowest BCUT2D eigenvalue weighted by Crippen LogP contribution is -2.24. The predicted molar refractivity (Wildman–Crippen MR) is 99.0 cm³/mol. The predicted octanol–water partition coefficient (Wildman–Crippen LogP) is 3.11. The van der Waals surface area contributed by atoms with Crippen molar-refractivity contribution in [3.8, 4) is 11.6 Å². The Bertz CT molecular complexity index is 1100. The lowest BCUT2D eigenvalue weighted by molar-refractivity contribution is 0.102. The molecule has 0 saturated carbocycles. The third kappa shape index (κ3) is 4.39. The quantitative estimate of drug-likeness (QED) is 0.503. The van der Waals surface area contributed by atoms with Crippen LogP contribution < -0.4 is 15.6 Å². The summed E-state index contributed by atoms with van der Waals surface area (Å²) in [7, 11) is 0. The Hall–Kier alpha value is -3.46. The Morgan fingerprint density at radius 3 is 2.59 bits per heavy atom. The molecule has 0 radical (unpaired) electrons. The zero-order chi connectivity index (χ0) is 19.4. The van der Waals surface area contributed by atoms with Crippen molar-refractivity contribution in [3.05, 3.63) is 80.6 Å². The van der Waals surface area contributed by atoms with Gasteiger partial charge in [0.15, 0.2) is 10.3 Å². The molecule has 0 spiro atoms. The Labute approximate surface area is 157 Å². The van der Waals surface area contributed by atoms with E-state index in [1.54, 1.807) is 0 Å². The van der Waals surface area contributed by atoms with Gasteiger partial charge in [-0.15, -0.1) is 0 Å². The van der Waals surface area contributed by atoms with Crippen molar-refractivity contribution in [2.75, 3.05) is 5.32 Å². The lowest BCUT2D eigenvalue weighted by Gasteiger charge is -2.10. The molecule has 3 rings (SSSR count). The standard InChI is InChI=1S/C18H14FN3O4S/c19-12-8-11(26-9-10-4-2-1-3-5-10)6-7-13(12)20-15(23)14-16(24)21-18(27)22-17(14)25/h1-8H,9H2,(H,20,23)(H3,21,22,24,25,27). The van der Waals surface area contributed by atoms with Gasteiger partial charge >= 0.3 is 0 Å². The zero-order valence-electron chi connectivity index (χ0n) is 13.8. The third-order valence-corrected chi connectivity index (χ3v) is 3.79. The van der Waals surface area contributed by atoms with Crippen molar-refractivity contribution in [3.63, 3.8) is 0 Å². The molecule has 1 heterocycles. The number of anilines is 1. The Kier molecular flexibility index (Phi) is 5.32. The minimum atomic E-state index is -0.989. The molecule has 0 aliphatic heterocycles. The number of amides is 1. The number of benzene rings is 2. The van der Waals surface area contributed by atoms with Crippen LogP contribution in [0.1, 0.15) is 15.9 Å². The van der Waals surface area contributed by atoms with E-state index in [0.29, 0.717) is 0 Å². The van der Waals surface area contributed by atoms with E-state index < -0.39 is 28.7 Å². The van der Waals surface area contributed by atoms with E-state index >= 15 is 0 Å². The molecule has 0 bridgehead atoms. The number of carbonyl (C=O) groups excluding carboxylic acids is 1. The summed E-state index contributed by atoms with van der Waals surface area (Å²) in [5, 5.41) is 11.9. The van der Waals surface area contributed by atoms with Gasteiger partial charge in [0, 0.05) is 6.07 Å². The number of aromatic amines is 2. The van der Waals surface area contributed by atoms with Crippen molar-refractivity contribution < 1.29 is 19.0 Å². The maximum atomic E-state index is 14.2. The van der Waals surface area contributed by atoms with Gasteiger partial charge in [-0.2, -0.15) is 0 Å². The molecule has 1 amide bonds. The second-order valence-electron chi connectivity index (χ2n) is 5.50. The molecule has 7 nitrogen and oxygen atoms in total. The summed E-state index contributed by atoms with van der Waals surface area (Å²) in [5.41, 5.74) is -0.746. The minimum absolute atomic E-state index is 0.139. The van der Waals surface area contributed by atoms with E-state index in [2.05, 4.69) is 27.5 Å². The Balaban J connectivity index is 1.74. The van der Waals surface area contributed by atoms with Gasteiger partial charge in [-0.25, -0.2) is 4.39 Å². The van der Waals surface area contributed by atoms with Crippen molar-refractivity contribution >= 4 is 23.8 Å². The molecular weight excluding hydrogens is 373 g/mol. The molecule has 27 heavy (non-hydrogen) atoms. The zero-order valence-corrected chi connectivity index (χ0v) is 14.6. The van der Waals surface area contributed by atoms with Gasteiger partial charge in [0.25, 0.3) is 11.5 Å². The highest BCUT2D eigenvalue weighted by molar-refractivity contribution is 7.71. The van der Waals surface area contributed by atoms with Crippen molar-refractivity contribution in [1.29, 1.82) is 0 Å². The molecule has 9 heteroatoms. The smallest absolute Gasteiger partial charge is 0.268 e. The number of aromatic nitrogens is 2. The largest absolute Gasteiger partial charge is 0.494 e. The van der Waals surface area contributed by atoms with E-state index in [-0.39, 0.29) is 22.8 Å². The molecule has 0 atom stereocenters. The van der Waals surface area contributed by atoms with Crippen LogP contribution in [0.4, 0.5) is 10.1 Å². The maximum Gasteiger partial charge on any atom is 0.268 e. The SMILES string of the molecule is O=C(Nc1ccc(OCc2ccccc2)cc1F)c1c(O)[nH]c(=S)[nH]c1=O. The number of H-pyrrole nitrogens is 2. The van der Waals surface area contributed by atoms with Gasteiger partial charge in [-0.1, -0.05) is 30.3 Å². The number of halogens is 1. The number of nitrogens with one attached hydrogen (secondary N) is 3. The molecule has 0 aliphatic rings. The number of hydrogen-bond acceptors (Lipinski definition) is 5. The molecule has 1 aromatic heterocycles. The highest BCUT2D eigenvalue weighted by Crippen LogP contribution is 2.22. The van der Waals surface area contributed by atoms with Gasteiger partial charge < -0.3 is 20.1 Å². The average molecular weight is 387 g/mol. The van der Waals surface area contributed by atoms with E-state index in [9.17, 15) is 19.1 Å². The first kappa shape index (κ1) is 18.3. The Morgan fingerprint density at radius 1 is 1.19 bits per heavy atom. The fraction of sp³-hybridized carbons (Fsp3) is 0.0556. The molecule has 0 saturated heterocycles. The molecule has 3 aromatic rings. The van der Waals surface area contributed by atoms with Crippen LogP contribution >= 0.6 is 12.2 Å². The van der Waals surface area contributed by atoms with Gasteiger partial charge in [0.05, 0.1) is 5.69 Å². The van der Waals surface area contributed by atoms with Crippen molar-refractivity contribution in [2.24, 2.45) is 0 Å². The number of hydrogen-bond donors (Lipinski definition) is 4. The summed E-state index contributed by atoms with van der Waals surface area (Å²) in [6.45, 7) is 0.262. The Morgan fingerprint density at radius 2 is 1.93 bits per heavy atom. The van der Waals surface area contributed by atoms with Crippen LogP contribution in [0.2, 0.25) is 0 Å². The highest BCUT2D eigenvalue weighted by Gasteiger charge is 2.18. The van der Waals surface area contributed by atoms with Crippen molar-refractivity contribution in [1.82, 2.24) is 9.97 Å². The van der Waals surface area contributed by atoms with E-state index in [1.165, 1.54) is 12.1 Å². The lowest BCUT2D eigenvalue weighted by atomic mass is 10.2. The average Bonchev–Trinajstić information content (AvgIpc) is 2.62. The fourth-order valence-electron chi connectivity index (χ4n) is 2.30. The maximum absolute atomic E-state index is 14.2. The first-order valence-corrected chi connectivity index (χ1v) is 8.18. The molecule has 0 aliphatic carbocycles. The van der Waals surface area contributed by atoms with Gasteiger partial charge in [0.2, 0.25) is 5.88 Å². The highest BCUT2D eigenvalue weighted by atomic mass is 32.1. The van der Waals surface area contributed by atoms with E-state index in [0.717, 1.165) is 11.6 Å². The summed E-state index contributed by atoms with van der Waals surface area (Å²) >= 11 is 4.68. The molecule has 2 aromatic carbocycles. The molecule has 0 fully saturated rings. The van der Waals surface area contributed by atoms with Crippen LogP contribution in [-0.4, -0.2) is 21.0 Å². The van der Waals surface area contributed by atoms with E-state index in [1.807, 2.05) is 30.3 Å². The summed E-state index contributed by atoms with van der Waals surface area (Å²) in [6.07, 6.45) is 0. The number of aromatic hydroxyl groups is 1. The van der Waals surface area contributed by atoms with Crippen molar-refractivity contribution in [2.45, 2.75) is 6.61 Å². The van der Waals surface area contributed by atoms with Gasteiger partial charge in [0.1, 0.15) is 18.2 Å². The second-order valence-corrected chi connectivity index (χ2v) is 5.91.